The second-order valence-corrected chi connectivity index (χ2v) is 6.17. The molecule has 0 amide bonds. The van der Waals surface area contributed by atoms with Crippen LogP contribution in [0.1, 0.15) is 23.5 Å². The van der Waals surface area contributed by atoms with E-state index in [1.807, 2.05) is 48.5 Å². The van der Waals surface area contributed by atoms with Gasteiger partial charge in [0.05, 0.1) is 6.42 Å². The molecule has 0 fully saturated rings. The van der Waals surface area contributed by atoms with E-state index in [0.717, 1.165) is 22.3 Å². The summed E-state index contributed by atoms with van der Waals surface area (Å²) in [6, 6.07) is 15.3. The maximum absolute atomic E-state index is 12.2. The maximum Gasteiger partial charge on any atom is 0.338 e. The molecule has 0 radical (unpaired) electrons. The Hall–Kier alpha value is -3.19. The van der Waals surface area contributed by atoms with Gasteiger partial charge in [0, 0.05) is 5.92 Å². The summed E-state index contributed by atoms with van der Waals surface area (Å²) in [5.74, 6) is -4.77. The van der Waals surface area contributed by atoms with Crippen molar-refractivity contribution in [1.29, 1.82) is 0 Å². The lowest BCUT2D eigenvalue weighted by Crippen LogP contribution is -2.57. The lowest BCUT2D eigenvalue weighted by atomic mass is 9.96. The van der Waals surface area contributed by atoms with E-state index in [-0.39, 0.29) is 12.5 Å². The van der Waals surface area contributed by atoms with Crippen molar-refractivity contribution >= 4 is 17.9 Å². The highest BCUT2D eigenvalue weighted by atomic mass is 16.5. The second-order valence-electron chi connectivity index (χ2n) is 6.17. The number of ether oxygens (including phenoxy) is 1. The van der Waals surface area contributed by atoms with Gasteiger partial charge in [0.1, 0.15) is 6.61 Å². The summed E-state index contributed by atoms with van der Waals surface area (Å²) in [6.45, 7) is -0.126. The molecule has 1 unspecified atom stereocenters. The molecule has 1 atom stereocenters. The minimum absolute atomic E-state index is 0.126. The third kappa shape index (κ3) is 2.93. The van der Waals surface area contributed by atoms with E-state index in [0.29, 0.717) is 0 Å². The average Bonchev–Trinajstić information content (AvgIpc) is 2.93. The van der Waals surface area contributed by atoms with Crippen LogP contribution in [0.2, 0.25) is 0 Å². The summed E-state index contributed by atoms with van der Waals surface area (Å²) in [7, 11) is 0. The molecule has 0 heterocycles. The van der Waals surface area contributed by atoms with Crippen molar-refractivity contribution in [2.45, 2.75) is 17.9 Å². The largest absolute Gasteiger partial charge is 0.481 e. The van der Waals surface area contributed by atoms with E-state index >= 15 is 0 Å². The van der Waals surface area contributed by atoms with Crippen molar-refractivity contribution in [3.05, 3.63) is 59.7 Å². The summed E-state index contributed by atoms with van der Waals surface area (Å²) in [5, 5.41) is 18.0. The zero-order valence-corrected chi connectivity index (χ0v) is 13.7. The lowest BCUT2D eigenvalue weighted by molar-refractivity contribution is -0.165. The minimum Gasteiger partial charge on any atom is -0.481 e. The molecular formula is C19H17NO6. The number of aliphatic carboxylic acids is 2. The molecule has 1 aliphatic rings. The number of esters is 1. The Labute approximate surface area is 149 Å². The summed E-state index contributed by atoms with van der Waals surface area (Å²) in [4.78, 5) is 34.4. The van der Waals surface area contributed by atoms with Gasteiger partial charge in [0.2, 0.25) is 5.54 Å². The number of benzene rings is 2. The smallest absolute Gasteiger partial charge is 0.338 e. The number of carboxylic acids is 2. The van der Waals surface area contributed by atoms with Gasteiger partial charge in [-0.25, -0.2) is 9.59 Å². The molecule has 0 aliphatic heterocycles. The van der Waals surface area contributed by atoms with Gasteiger partial charge in [0.15, 0.2) is 0 Å². The fraction of sp³-hybridized carbons (Fsp3) is 0.211. The highest BCUT2D eigenvalue weighted by molar-refractivity contribution is 6.06. The Morgan fingerprint density at radius 2 is 1.46 bits per heavy atom. The minimum atomic E-state index is -2.62. The van der Waals surface area contributed by atoms with Crippen LogP contribution in [0.3, 0.4) is 0 Å². The van der Waals surface area contributed by atoms with E-state index in [1.165, 1.54) is 0 Å². The predicted octanol–water partition coefficient (Wildman–Crippen LogP) is 1.60. The molecule has 2 aromatic rings. The Morgan fingerprint density at radius 3 is 1.92 bits per heavy atom. The fourth-order valence-electron chi connectivity index (χ4n) is 3.20. The molecule has 134 valence electrons. The molecule has 7 nitrogen and oxygen atoms in total. The lowest BCUT2D eigenvalue weighted by Gasteiger charge is -2.22. The van der Waals surface area contributed by atoms with E-state index < -0.39 is 29.9 Å². The van der Waals surface area contributed by atoms with Crippen molar-refractivity contribution in [2.75, 3.05) is 6.61 Å². The Bertz CT molecular complexity index is 848. The number of carbonyl (C=O) groups is 3. The molecule has 7 heteroatoms. The number of hydrogen-bond acceptors (Lipinski definition) is 5. The SMILES string of the molecule is NC(CC(=O)O)(C(=O)O)C(=O)OCC1c2ccccc2-c2ccccc21. The molecule has 0 spiro atoms. The first-order chi connectivity index (χ1) is 12.3. The fourth-order valence-corrected chi connectivity index (χ4v) is 3.20. The number of nitrogens with two attached hydrogens (primary N) is 1. The Kier molecular flexibility index (Phi) is 4.48. The van der Waals surface area contributed by atoms with Gasteiger partial charge in [0.25, 0.3) is 0 Å². The molecule has 3 rings (SSSR count). The molecule has 4 N–H and O–H groups in total. The van der Waals surface area contributed by atoms with Crippen LogP contribution in [0.15, 0.2) is 48.5 Å². The van der Waals surface area contributed by atoms with Gasteiger partial charge in [-0.1, -0.05) is 48.5 Å². The number of hydrogen-bond donors (Lipinski definition) is 3. The average molecular weight is 355 g/mol. The molecule has 0 saturated carbocycles. The standard InChI is InChI=1S/C19H17NO6/c20-19(17(23)24,9-16(21)22)18(25)26-10-15-13-7-3-1-5-11(13)12-6-2-4-8-14(12)15/h1-8,15H,9-10,20H2,(H,21,22)(H,23,24). The molecule has 0 aromatic heterocycles. The monoisotopic (exact) mass is 355 g/mol. The quantitative estimate of drug-likeness (QED) is 0.530. The van der Waals surface area contributed by atoms with Crippen LogP contribution in [0.4, 0.5) is 0 Å². The van der Waals surface area contributed by atoms with Crippen LogP contribution >= 0.6 is 0 Å². The van der Waals surface area contributed by atoms with Crippen molar-refractivity contribution < 1.29 is 29.3 Å². The van der Waals surface area contributed by atoms with Crippen molar-refractivity contribution in [1.82, 2.24) is 0 Å². The van der Waals surface area contributed by atoms with Crippen LogP contribution in [-0.4, -0.2) is 40.3 Å². The van der Waals surface area contributed by atoms with Crippen LogP contribution in [0.5, 0.6) is 0 Å². The third-order valence-corrected chi connectivity index (χ3v) is 4.52. The van der Waals surface area contributed by atoms with Gasteiger partial charge < -0.3 is 20.7 Å². The predicted molar refractivity (Wildman–Crippen MR) is 91.5 cm³/mol. The highest BCUT2D eigenvalue weighted by Gasteiger charge is 2.46. The zero-order chi connectivity index (χ0) is 18.9. The van der Waals surface area contributed by atoms with Gasteiger partial charge in [-0.05, 0) is 22.3 Å². The number of carboxylic acid groups (broad SMARTS) is 2. The molecule has 0 saturated heterocycles. The Balaban J connectivity index is 1.85. The van der Waals surface area contributed by atoms with Crippen LogP contribution in [-0.2, 0) is 19.1 Å². The number of rotatable bonds is 6. The molecule has 0 bridgehead atoms. The number of fused-ring (bicyclic) bond motifs is 3. The van der Waals surface area contributed by atoms with E-state index in [1.54, 1.807) is 0 Å². The van der Waals surface area contributed by atoms with Gasteiger partial charge >= 0.3 is 17.9 Å². The summed E-state index contributed by atoms with van der Waals surface area (Å²) < 4.78 is 5.16. The molecule has 26 heavy (non-hydrogen) atoms. The molecular weight excluding hydrogens is 338 g/mol. The van der Waals surface area contributed by atoms with Crippen LogP contribution in [0.25, 0.3) is 11.1 Å². The van der Waals surface area contributed by atoms with E-state index in [9.17, 15) is 19.5 Å². The van der Waals surface area contributed by atoms with E-state index in [2.05, 4.69) is 0 Å². The first-order valence-corrected chi connectivity index (χ1v) is 7.94. The highest BCUT2D eigenvalue weighted by Crippen LogP contribution is 2.44. The number of carbonyl (C=O) groups excluding carboxylic acids is 1. The third-order valence-electron chi connectivity index (χ3n) is 4.52. The summed E-state index contributed by atoms with van der Waals surface area (Å²) in [6.07, 6.45) is -1.06. The van der Waals surface area contributed by atoms with Gasteiger partial charge in [-0.15, -0.1) is 0 Å². The summed E-state index contributed by atoms with van der Waals surface area (Å²) in [5.41, 5.74) is 6.84. The van der Waals surface area contributed by atoms with Gasteiger partial charge in [-0.3, -0.25) is 4.79 Å². The zero-order valence-electron chi connectivity index (χ0n) is 13.7. The van der Waals surface area contributed by atoms with E-state index in [4.69, 9.17) is 15.6 Å². The van der Waals surface area contributed by atoms with Crippen molar-refractivity contribution in [3.63, 3.8) is 0 Å². The van der Waals surface area contributed by atoms with Gasteiger partial charge in [-0.2, -0.15) is 0 Å². The summed E-state index contributed by atoms with van der Waals surface area (Å²) >= 11 is 0. The molecule has 2 aromatic carbocycles. The van der Waals surface area contributed by atoms with Crippen molar-refractivity contribution in [3.8, 4) is 11.1 Å². The first kappa shape index (κ1) is 17.6. The Morgan fingerprint density at radius 1 is 0.962 bits per heavy atom. The normalized spacial score (nSPS) is 14.8. The molecule has 1 aliphatic carbocycles. The second kappa shape index (κ2) is 6.61. The van der Waals surface area contributed by atoms with Crippen molar-refractivity contribution in [2.24, 2.45) is 5.73 Å². The van der Waals surface area contributed by atoms with Crippen LogP contribution < -0.4 is 5.73 Å². The van der Waals surface area contributed by atoms with Crippen LogP contribution in [0, 0.1) is 0 Å². The topological polar surface area (TPSA) is 127 Å². The maximum atomic E-state index is 12.2. The first-order valence-electron chi connectivity index (χ1n) is 7.94.